The molecule has 0 aliphatic carbocycles. The van der Waals surface area contributed by atoms with Gasteiger partial charge in [0.05, 0.1) is 17.8 Å². The van der Waals surface area contributed by atoms with Crippen molar-refractivity contribution in [1.29, 1.82) is 0 Å². The molecule has 3 heteroatoms. The highest BCUT2D eigenvalue weighted by Crippen LogP contribution is 2.23. The number of methoxy groups -OCH3 is 1. The van der Waals surface area contributed by atoms with Gasteiger partial charge >= 0.3 is 0 Å². The van der Waals surface area contributed by atoms with Gasteiger partial charge in [-0.1, -0.05) is 6.92 Å². The minimum Gasteiger partial charge on any atom is -0.494 e. The maximum absolute atomic E-state index is 5.04. The summed E-state index contributed by atoms with van der Waals surface area (Å²) in [6, 6.07) is 1.97. The topological polar surface area (TPSA) is 22.1 Å². The molecule has 11 heavy (non-hydrogen) atoms. The van der Waals surface area contributed by atoms with E-state index in [0.29, 0.717) is 0 Å². The van der Waals surface area contributed by atoms with Crippen LogP contribution in [0.4, 0.5) is 0 Å². The predicted molar refractivity (Wildman–Crippen MR) is 47.9 cm³/mol. The van der Waals surface area contributed by atoms with Gasteiger partial charge in [-0.25, -0.2) is 0 Å². The van der Waals surface area contributed by atoms with Gasteiger partial charge in [0, 0.05) is 5.69 Å². The van der Waals surface area contributed by atoms with Crippen molar-refractivity contribution in [2.24, 2.45) is 0 Å². The fourth-order valence-corrected chi connectivity index (χ4v) is 1.33. The molecule has 0 aromatic carbocycles. The van der Waals surface area contributed by atoms with Crippen LogP contribution in [0.15, 0.2) is 16.7 Å². The van der Waals surface area contributed by atoms with Crippen LogP contribution in [0.25, 0.3) is 0 Å². The highest BCUT2D eigenvalue weighted by Gasteiger charge is 1.99. The van der Waals surface area contributed by atoms with Crippen molar-refractivity contribution in [3.63, 3.8) is 0 Å². The summed E-state index contributed by atoms with van der Waals surface area (Å²) in [6.07, 6.45) is 2.67. The van der Waals surface area contributed by atoms with Crippen LogP contribution >= 0.6 is 15.9 Å². The van der Waals surface area contributed by atoms with Crippen LogP contribution in [0.5, 0.6) is 5.75 Å². The second-order valence-electron chi connectivity index (χ2n) is 2.16. The highest BCUT2D eigenvalue weighted by atomic mass is 79.9. The van der Waals surface area contributed by atoms with Crippen LogP contribution in [0.2, 0.25) is 0 Å². The number of halogens is 1. The molecule has 1 heterocycles. The van der Waals surface area contributed by atoms with Gasteiger partial charge in [-0.15, -0.1) is 0 Å². The quantitative estimate of drug-likeness (QED) is 0.757. The number of hydrogen-bond acceptors (Lipinski definition) is 2. The molecule has 0 aliphatic rings. The second kappa shape index (κ2) is 3.72. The first-order valence-electron chi connectivity index (χ1n) is 3.46. The van der Waals surface area contributed by atoms with Crippen LogP contribution in [0.3, 0.4) is 0 Å². The molecule has 0 bridgehead atoms. The maximum Gasteiger partial charge on any atom is 0.151 e. The summed E-state index contributed by atoms with van der Waals surface area (Å²) < 4.78 is 6.00. The van der Waals surface area contributed by atoms with Gasteiger partial charge in [0.25, 0.3) is 0 Å². The Labute approximate surface area is 74.7 Å². The normalized spacial score (nSPS) is 9.73. The lowest BCUT2D eigenvalue weighted by atomic mass is 10.3. The molecule has 0 aliphatic heterocycles. The van der Waals surface area contributed by atoms with Crippen molar-refractivity contribution in [3.05, 3.63) is 22.4 Å². The number of aryl methyl sites for hydroxylation is 1. The number of nitrogens with zero attached hydrogens (tertiary/aromatic N) is 1. The van der Waals surface area contributed by atoms with E-state index in [2.05, 4.69) is 27.8 Å². The lowest BCUT2D eigenvalue weighted by Crippen LogP contribution is -1.90. The Kier molecular flexibility index (Phi) is 2.88. The molecule has 1 aromatic rings. The average Bonchev–Trinajstić information content (AvgIpc) is 2.04. The molecular formula is C8H10BrNO. The third-order valence-corrected chi connectivity index (χ3v) is 2.08. The van der Waals surface area contributed by atoms with Gasteiger partial charge in [0.15, 0.2) is 5.75 Å². The summed E-state index contributed by atoms with van der Waals surface area (Å²) in [6.45, 7) is 2.07. The van der Waals surface area contributed by atoms with E-state index in [9.17, 15) is 0 Å². The summed E-state index contributed by atoms with van der Waals surface area (Å²) in [5.41, 5.74) is 1.07. The van der Waals surface area contributed by atoms with Crippen molar-refractivity contribution in [3.8, 4) is 5.75 Å². The van der Waals surface area contributed by atoms with E-state index in [-0.39, 0.29) is 0 Å². The maximum atomic E-state index is 5.04. The molecule has 0 saturated carbocycles. The van der Waals surface area contributed by atoms with E-state index in [1.54, 1.807) is 13.3 Å². The molecule has 0 fully saturated rings. The SMILES string of the molecule is CCc1cc(Br)c(OC)cn1. The standard InChI is InChI=1S/C8H10BrNO/c1-3-6-4-7(9)8(11-2)5-10-6/h4-5H,3H2,1-2H3. The Bertz CT molecular complexity index is 250. The molecule has 1 aromatic heterocycles. The van der Waals surface area contributed by atoms with E-state index in [1.165, 1.54) is 0 Å². The van der Waals surface area contributed by atoms with Crippen molar-refractivity contribution in [2.45, 2.75) is 13.3 Å². The molecule has 60 valence electrons. The fourth-order valence-electron chi connectivity index (χ4n) is 0.801. The Morgan fingerprint density at radius 3 is 2.82 bits per heavy atom. The second-order valence-corrected chi connectivity index (χ2v) is 3.02. The number of ether oxygens (including phenoxy) is 1. The summed E-state index contributed by atoms with van der Waals surface area (Å²) in [5.74, 6) is 0.780. The lowest BCUT2D eigenvalue weighted by molar-refractivity contribution is 0.410. The molecule has 1 rings (SSSR count). The first-order valence-corrected chi connectivity index (χ1v) is 4.25. The average molecular weight is 216 g/mol. The molecule has 0 radical (unpaired) electrons. The zero-order valence-corrected chi connectivity index (χ0v) is 8.18. The van der Waals surface area contributed by atoms with Gasteiger partial charge in [-0.2, -0.15) is 0 Å². The number of rotatable bonds is 2. The Hall–Kier alpha value is -0.570. The van der Waals surface area contributed by atoms with Gasteiger partial charge in [-0.05, 0) is 28.4 Å². The van der Waals surface area contributed by atoms with Crippen LogP contribution < -0.4 is 4.74 Å². The molecule has 0 unspecified atom stereocenters. The van der Waals surface area contributed by atoms with Crippen molar-refractivity contribution in [2.75, 3.05) is 7.11 Å². The monoisotopic (exact) mass is 215 g/mol. The zero-order chi connectivity index (χ0) is 8.27. The van der Waals surface area contributed by atoms with Crippen LogP contribution in [-0.2, 0) is 6.42 Å². The summed E-state index contributed by atoms with van der Waals surface area (Å²) in [5, 5.41) is 0. The van der Waals surface area contributed by atoms with Gasteiger partial charge < -0.3 is 4.74 Å². The first-order chi connectivity index (χ1) is 5.27. The molecule has 0 spiro atoms. The van der Waals surface area contributed by atoms with Gasteiger partial charge in [-0.3, -0.25) is 4.98 Å². The molecule has 0 N–H and O–H groups in total. The molecule has 0 atom stereocenters. The summed E-state index contributed by atoms with van der Waals surface area (Å²) in [7, 11) is 1.63. The third-order valence-electron chi connectivity index (χ3n) is 1.46. The Morgan fingerprint density at radius 1 is 1.64 bits per heavy atom. The minimum atomic E-state index is 0.780. The minimum absolute atomic E-state index is 0.780. The van der Waals surface area contributed by atoms with E-state index in [0.717, 1.165) is 22.3 Å². The molecular weight excluding hydrogens is 206 g/mol. The van der Waals surface area contributed by atoms with E-state index in [4.69, 9.17) is 4.74 Å². The van der Waals surface area contributed by atoms with Gasteiger partial charge in [0.1, 0.15) is 0 Å². The predicted octanol–water partition coefficient (Wildman–Crippen LogP) is 2.42. The fraction of sp³-hybridized carbons (Fsp3) is 0.375. The van der Waals surface area contributed by atoms with Crippen molar-refractivity contribution < 1.29 is 4.74 Å². The van der Waals surface area contributed by atoms with Crippen LogP contribution in [0.1, 0.15) is 12.6 Å². The van der Waals surface area contributed by atoms with Crippen LogP contribution in [0, 0.1) is 0 Å². The van der Waals surface area contributed by atoms with E-state index < -0.39 is 0 Å². The molecule has 0 saturated heterocycles. The van der Waals surface area contributed by atoms with Crippen molar-refractivity contribution >= 4 is 15.9 Å². The third kappa shape index (κ3) is 1.93. The largest absolute Gasteiger partial charge is 0.494 e. The number of aromatic nitrogens is 1. The zero-order valence-electron chi connectivity index (χ0n) is 6.60. The van der Waals surface area contributed by atoms with E-state index in [1.807, 2.05) is 6.07 Å². The lowest BCUT2D eigenvalue weighted by Gasteiger charge is -2.02. The van der Waals surface area contributed by atoms with Crippen LogP contribution in [-0.4, -0.2) is 12.1 Å². The smallest absolute Gasteiger partial charge is 0.151 e. The first kappa shape index (κ1) is 8.53. The number of hydrogen-bond donors (Lipinski definition) is 0. The molecule has 2 nitrogen and oxygen atoms in total. The summed E-state index contributed by atoms with van der Waals surface area (Å²) in [4.78, 5) is 4.17. The Morgan fingerprint density at radius 2 is 2.36 bits per heavy atom. The van der Waals surface area contributed by atoms with Gasteiger partial charge in [0.2, 0.25) is 0 Å². The van der Waals surface area contributed by atoms with Crippen molar-refractivity contribution in [1.82, 2.24) is 4.98 Å². The van der Waals surface area contributed by atoms with E-state index >= 15 is 0 Å². The number of pyridine rings is 1. The molecule has 0 amide bonds. The highest BCUT2D eigenvalue weighted by molar-refractivity contribution is 9.10. The summed E-state index contributed by atoms with van der Waals surface area (Å²) >= 11 is 3.38. The Balaban J connectivity index is 2.99.